The van der Waals surface area contributed by atoms with E-state index in [1.54, 1.807) is 7.11 Å². The summed E-state index contributed by atoms with van der Waals surface area (Å²) in [6, 6.07) is 9.08. The van der Waals surface area contributed by atoms with Crippen LogP contribution >= 0.6 is 0 Å². The lowest BCUT2D eigenvalue weighted by Crippen LogP contribution is -2.12. The molecule has 2 aromatic rings. The van der Waals surface area contributed by atoms with E-state index < -0.39 is 5.97 Å². The van der Waals surface area contributed by atoms with E-state index in [9.17, 15) is 4.79 Å². The number of rotatable bonds is 6. The molecule has 1 aromatic carbocycles. The van der Waals surface area contributed by atoms with Gasteiger partial charge in [-0.05, 0) is 17.7 Å². The monoisotopic (exact) mass is 262 g/mol. The van der Waals surface area contributed by atoms with Gasteiger partial charge in [0.25, 0.3) is 0 Å². The number of methoxy groups -OCH3 is 1. The highest BCUT2D eigenvalue weighted by atomic mass is 16.5. The number of nitrogens with one attached hydrogen (secondary N) is 1. The molecular weight excluding hydrogens is 248 g/mol. The molecule has 19 heavy (non-hydrogen) atoms. The Balaban J connectivity index is 1.86. The smallest absolute Gasteiger partial charge is 0.358 e. The number of ether oxygens (including phenoxy) is 1. The standard InChI is InChI=1S/C13H14N2O4/c1-18-10-4-2-3-9(5-10)7-14-8-11-6-12(13(16)17)15-19-11/h2-6,14H,7-8H2,1H3,(H,16,17). The van der Waals surface area contributed by atoms with Gasteiger partial charge in [0.1, 0.15) is 5.75 Å². The van der Waals surface area contributed by atoms with E-state index in [4.69, 9.17) is 14.4 Å². The molecular formula is C13H14N2O4. The van der Waals surface area contributed by atoms with Crippen LogP contribution < -0.4 is 10.1 Å². The minimum Gasteiger partial charge on any atom is -0.497 e. The second-order valence-corrected chi connectivity index (χ2v) is 3.94. The molecule has 100 valence electrons. The third-order valence-corrected chi connectivity index (χ3v) is 2.54. The molecule has 0 bridgehead atoms. The van der Waals surface area contributed by atoms with Gasteiger partial charge in [0.05, 0.1) is 13.7 Å². The topological polar surface area (TPSA) is 84.6 Å². The van der Waals surface area contributed by atoms with Crippen LogP contribution in [0.1, 0.15) is 21.8 Å². The molecule has 6 heteroatoms. The molecule has 0 radical (unpaired) electrons. The first kappa shape index (κ1) is 13.1. The Morgan fingerprint density at radius 2 is 2.26 bits per heavy atom. The predicted molar refractivity (Wildman–Crippen MR) is 67.0 cm³/mol. The molecule has 0 aliphatic carbocycles. The molecule has 0 aliphatic rings. The molecule has 0 fully saturated rings. The SMILES string of the molecule is COc1cccc(CNCc2cc(C(=O)O)no2)c1. The largest absolute Gasteiger partial charge is 0.497 e. The normalized spacial score (nSPS) is 10.4. The number of carbonyl (C=O) groups is 1. The zero-order valence-electron chi connectivity index (χ0n) is 10.4. The van der Waals surface area contributed by atoms with Crippen LogP contribution in [0.15, 0.2) is 34.9 Å². The van der Waals surface area contributed by atoms with Crippen molar-refractivity contribution in [3.05, 3.63) is 47.3 Å². The van der Waals surface area contributed by atoms with E-state index in [1.165, 1.54) is 6.07 Å². The second-order valence-electron chi connectivity index (χ2n) is 3.94. The quantitative estimate of drug-likeness (QED) is 0.823. The molecule has 0 unspecified atom stereocenters. The lowest BCUT2D eigenvalue weighted by molar-refractivity contribution is 0.0685. The van der Waals surface area contributed by atoms with Crippen molar-refractivity contribution in [2.45, 2.75) is 13.1 Å². The molecule has 1 aromatic heterocycles. The Morgan fingerprint density at radius 1 is 1.42 bits per heavy atom. The average Bonchev–Trinajstić information content (AvgIpc) is 2.88. The summed E-state index contributed by atoms with van der Waals surface area (Å²) in [5.74, 6) is 0.190. The molecule has 0 atom stereocenters. The number of hydrogen-bond donors (Lipinski definition) is 2. The second kappa shape index (κ2) is 6.01. The maximum absolute atomic E-state index is 10.6. The summed E-state index contributed by atoms with van der Waals surface area (Å²) >= 11 is 0. The summed E-state index contributed by atoms with van der Waals surface area (Å²) in [6.07, 6.45) is 0. The zero-order valence-corrected chi connectivity index (χ0v) is 10.4. The van der Waals surface area contributed by atoms with Crippen molar-refractivity contribution in [1.82, 2.24) is 10.5 Å². The lowest BCUT2D eigenvalue weighted by Gasteiger charge is -2.05. The summed E-state index contributed by atoms with van der Waals surface area (Å²) < 4.78 is 10.0. The van der Waals surface area contributed by atoms with Crippen molar-refractivity contribution in [2.75, 3.05) is 7.11 Å². The molecule has 0 spiro atoms. The average molecular weight is 262 g/mol. The van der Waals surface area contributed by atoms with E-state index in [1.807, 2.05) is 24.3 Å². The number of hydrogen-bond acceptors (Lipinski definition) is 5. The number of nitrogens with zero attached hydrogens (tertiary/aromatic N) is 1. The minimum absolute atomic E-state index is 0.0850. The zero-order chi connectivity index (χ0) is 13.7. The van der Waals surface area contributed by atoms with Crippen molar-refractivity contribution in [3.63, 3.8) is 0 Å². The van der Waals surface area contributed by atoms with Gasteiger partial charge in [0, 0.05) is 12.6 Å². The molecule has 2 N–H and O–H groups in total. The third-order valence-electron chi connectivity index (χ3n) is 2.54. The fourth-order valence-electron chi connectivity index (χ4n) is 1.61. The lowest BCUT2D eigenvalue weighted by atomic mass is 10.2. The Morgan fingerprint density at radius 3 is 2.95 bits per heavy atom. The Kier molecular flexibility index (Phi) is 4.15. The summed E-state index contributed by atoms with van der Waals surface area (Å²) in [7, 11) is 1.62. The summed E-state index contributed by atoms with van der Waals surface area (Å²) in [5.41, 5.74) is 0.982. The molecule has 6 nitrogen and oxygen atoms in total. The van der Waals surface area contributed by atoms with Gasteiger partial charge in [-0.2, -0.15) is 0 Å². The van der Waals surface area contributed by atoms with E-state index in [0.29, 0.717) is 18.8 Å². The number of aromatic carboxylic acids is 1. The number of benzene rings is 1. The fourth-order valence-corrected chi connectivity index (χ4v) is 1.61. The van der Waals surface area contributed by atoms with Crippen molar-refractivity contribution < 1.29 is 19.2 Å². The van der Waals surface area contributed by atoms with Gasteiger partial charge in [0.15, 0.2) is 11.5 Å². The van der Waals surface area contributed by atoms with Crippen LogP contribution in [-0.4, -0.2) is 23.3 Å². The first-order valence-corrected chi connectivity index (χ1v) is 5.71. The number of carboxylic acid groups (broad SMARTS) is 1. The Hall–Kier alpha value is -2.34. The molecule has 0 aliphatic heterocycles. The van der Waals surface area contributed by atoms with Crippen LogP contribution in [0.5, 0.6) is 5.75 Å². The van der Waals surface area contributed by atoms with Crippen molar-refractivity contribution in [2.24, 2.45) is 0 Å². The van der Waals surface area contributed by atoms with Gasteiger partial charge in [-0.25, -0.2) is 4.79 Å². The van der Waals surface area contributed by atoms with E-state index in [2.05, 4.69) is 10.5 Å². The minimum atomic E-state index is -1.09. The first-order valence-electron chi connectivity index (χ1n) is 5.71. The maximum atomic E-state index is 10.6. The summed E-state index contributed by atoms with van der Waals surface area (Å²) in [4.78, 5) is 10.6. The van der Waals surface area contributed by atoms with Gasteiger partial charge < -0.3 is 19.7 Å². The third kappa shape index (κ3) is 3.56. The van der Waals surface area contributed by atoms with Crippen molar-refractivity contribution >= 4 is 5.97 Å². The van der Waals surface area contributed by atoms with Gasteiger partial charge in [0.2, 0.25) is 0 Å². The van der Waals surface area contributed by atoms with Crippen molar-refractivity contribution in [1.29, 1.82) is 0 Å². The van der Waals surface area contributed by atoms with E-state index >= 15 is 0 Å². The van der Waals surface area contributed by atoms with Crippen LogP contribution in [0.25, 0.3) is 0 Å². The highest BCUT2D eigenvalue weighted by Crippen LogP contribution is 2.12. The Labute approximate surface area is 110 Å². The molecule has 0 amide bonds. The van der Waals surface area contributed by atoms with E-state index in [-0.39, 0.29) is 5.69 Å². The number of aromatic nitrogens is 1. The van der Waals surface area contributed by atoms with Crippen molar-refractivity contribution in [3.8, 4) is 5.75 Å². The van der Waals surface area contributed by atoms with Crippen LogP contribution in [0, 0.1) is 0 Å². The van der Waals surface area contributed by atoms with Gasteiger partial charge in [-0.15, -0.1) is 0 Å². The van der Waals surface area contributed by atoms with E-state index in [0.717, 1.165) is 11.3 Å². The molecule has 2 rings (SSSR count). The fraction of sp³-hybridized carbons (Fsp3) is 0.231. The van der Waals surface area contributed by atoms with Crippen LogP contribution in [0.2, 0.25) is 0 Å². The van der Waals surface area contributed by atoms with Gasteiger partial charge >= 0.3 is 5.97 Å². The van der Waals surface area contributed by atoms with Crippen LogP contribution in [-0.2, 0) is 13.1 Å². The highest BCUT2D eigenvalue weighted by Gasteiger charge is 2.09. The molecule has 1 heterocycles. The van der Waals surface area contributed by atoms with Gasteiger partial charge in [-0.1, -0.05) is 17.3 Å². The maximum Gasteiger partial charge on any atom is 0.358 e. The number of carboxylic acids is 1. The molecule has 0 saturated heterocycles. The molecule has 0 saturated carbocycles. The van der Waals surface area contributed by atoms with Crippen LogP contribution in [0.4, 0.5) is 0 Å². The summed E-state index contributed by atoms with van der Waals surface area (Å²) in [6.45, 7) is 1.04. The predicted octanol–water partition coefficient (Wildman–Crippen LogP) is 1.67. The highest BCUT2D eigenvalue weighted by molar-refractivity contribution is 5.85. The van der Waals surface area contributed by atoms with Crippen LogP contribution in [0.3, 0.4) is 0 Å². The Bertz CT molecular complexity index is 565. The van der Waals surface area contributed by atoms with Gasteiger partial charge in [-0.3, -0.25) is 0 Å². The first-order chi connectivity index (χ1) is 9.19. The summed E-state index contributed by atoms with van der Waals surface area (Å²) in [5, 5.41) is 15.3.